The van der Waals surface area contributed by atoms with Crippen LogP contribution >= 0.6 is 0 Å². The van der Waals surface area contributed by atoms with Crippen molar-refractivity contribution in [2.75, 3.05) is 0 Å². The summed E-state index contributed by atoms with van der Waals surface area (Å²) >= 11 is 0. The van der Waals surface area contributed by atoms with Gasteiger partial charge < -0.3 is 5.73 Å². The Hall–Kier alpha value is -1.67. The van der Waals surface area contributed by atoms with Crippen LogP contribution in [0.5, 0.6) is 0 Å². The summed E-state index contributed by atoms with van der Waals surface area (Å²) in [7, 11) is 0. The van der Waals surface area contributed by atoms with E-state index in [1.807, 2.05) is 18.2 Å². The van der Waals surface area contributed by atoms with E-state index in [0.29, 0.717) is 12.1 Å². The Kier molecular flexibility index (Phi) is 4.11. The molecular weight excluding hydrogens is 225 g/mol. The third kappa shape index (κ3) is 2.77. The summed E-state index contributed by atoms with van der Waals surface area (Å²) in [5, 5.41) is 0. The van der Waals surface area contributed by atoms with Crippen LogP contribution in [-0.4, -0.2) is 0 Å². The molecule has 0 aliphatic rings. The van der Waals surface area contributed by atoms with E-state index in [2.05, 4.69) is 19.1 Å². The molecule has 0 aromatic heterocycles. The van der Waals surface area contributed by atoms with Gasteiger partial charge in [-0.15, -0.1) is 0 Å². The Morgan fingerprint density at radius 2 is 1.89 bits per heavy atom. The van der Waals surface area contributed by atoms with Crippen molar-refractivity contribution in [2.45, 2.75) is 26.3 Å². The zero-order chi connectivity index (χ0) is 13.0. The summed E-state index contributed by atoms with van der Waals surface area (Å²) in [6.07, 6.45) is 2.11. The Bertz CT molecular complexity index is 534. The van der Waals surface area contributed by atoms with Crippen LogP contribution in [0.3, 0.4) is 0 Å². The molecule has 0 unspecified atom stereocenters. The molecule has 2 aromatic carbocycles. The molecule has 0 radical (unpaired) electrons. The second-order valence-electron chi connectivity index (χ2n) is 4.47. The summed E-state index contributed by atoms with van der Waals surface area (Å²) < 4.78 is 13.9. The molecule has 0 amide bonds. The molecule has 0 aliphatic carbocycles. The van der Waals surface area contributed by atoms with Gasteiger partial charge in [0.15, 0.2) is 0 Å². The number of hydrogen-bond acceptors (Lipinski definition) is 1. The average Bonchev–Trinajstić information content (AvgIpc) is 2.40. The van der Waals surface area contributed by atoms with E-state index in [1.54, 1.807) is 6.07 Å². The Morgan fingerprint density at radius 1 is 1.06 bits per heavy atom. The van der Waals surface area contributed by atoms with Crippen LogP contribution in [-0.2, 0) is 13.0 Å². The lowest BCUT2D eigenvalue weighted by atomic mass is 9.99. The normalized spacial score (nSPS) is 10.6. The molecule has 0 saturated heterocycles. The van der Waals surface area contributed by atoms with Crippen LogP contribution in [0.4, 0.5) is 4.39 Å². The molecule has 1 nitrogen and oxygen atoms in total. The molecule has 0 atom stereocenters. The standard InChI is InChI=1S/C16H18FN/c1-2-4-12-5-3-6-14(9-12)15-10-13(11-18)7-8-16(15)17/h3,5-10H,2,4,11,18H2,1H3. The molecule has 0 saturated carbocycles. The fourth-order valence-corrected chi connectivity index (χ4v) is 2.10. The van der Waals surface area contributed by atoms with Crippen molar-refractivity contribution < 1.29 is 4.39 Å². The second-order valence-corrected chi connectivity index (χ2v) is 4.47. The molecule has 2 heteroatoms. The topological polar surface area (TPSA) is 26.0 Å². The number of rotatable bonds is 4. The molecule has 0 fully saturated rings. The Morgan fingerprint density at radius 3 is 2.61 bits per heavy atom. The van der Waals surface area contributed by atoms with Gasteiger partial charge in [0.1, 0.15) is 5.82 Å². The number of halogens is 1. The summed E-state index contributed by atoms with van der Waals surface area (Å²) in [5.41, 5.74) is 9.36. The number of hydrogen-bond donors (Lipinski definition) is 1. The fourth-order valence-electron chi connectivity index (χ4n) is 2.10. The molecule has 0 spiro atoms. The number of aryl methyl sites for hydroxylation is 1. The van der Waals surface area contributed by atoms with Gasteiger partial charge in [-0.2, -0.15) is 0 Å². The summed E-state index contributed by atoms with van der Waals surface area (Å²) in [5.74, 6) is -0.194. The lowest BCUT2D eigenvalue weighted by Crippen LogP contribution is -1.97. The van der Waals surface area contributed by atoms with Crippen molar-refractivity contribution in [2.24, 2.45) is 5.73 Å². The molecule has 2 aromatic rings. The first-order valence-corrected chi connectivity index (χ1v) is 6.32. The van der Waals surface area contributed by atoms with E-state index >= 15 is 0 Å². The molecule has 94 valence electrons. The minimum Gasteiger partial charge on any atom is -0.326 e. The van der Waals surface area contributed by atoms with Crippen molar-refractivity contribution >= 4 is 0 Å². The smallest absolute Gasteiger partial charge is 0.131 e. The maximum absolute atomic E-state index is 13.9. The maximum atomic E-state index is 13.9. The quantitative estimate of drug-likeness (QED) is 0.865. The lowest BCUT2D eigenvalue weighted by molar-refractivity contribution is 0.630. The zero-order valence-electron chi connectivity index (χ0n) is 10.6. The number of benzene rings is 2. The first-order valence-electron chi connectivity index (χ1n) is 6.32. The van der Waals surface area contributed by atoms with Crippen molar-refractivity contribution in [1.82, 2.24) is 0 Å². The highest BCUT2D eigenvalue weighted by Gasteiger charge is 2.06. The van der Waals surface area contributed by atoms with E-state index in [4.69, 9.17) is 5.73 Å². The van der Waals surface area contributed by atoms with Crippen molar-refractivity contribution in [3.8, 4) is 11.1 Å². The molecule has 0 aliphatic heterocycles. The van der Waals surface area contributed by atoms with Crippen LogP contribution in [0.25, 0.3) is 11.1 Å². The SMILES string of the molecule is CCCc1cccc(-c2cc(CN)ccc2F)c1. The maximum Gasteiger partial charge on any atom is 0.131 e. The van der Waals surface area contributed by atoms with Gasteiger partial charge in [-0.25, -0.2) is 4.39 Å². The van der Waals surface area contributed by atoms with E-state index in [1.165, 1.54) is 11.6 Å². The van der Waals surface area contributed by atoms with Gasteiger partial charge >= 0.3 is 0 Å². The first-order chi connectivity index (χ1) is 8.74. The predicted octanol–water partition coefficient (Wildman–Crippen LogP) is 3.90. The Balaban J connectivity index is 2.44. The van der Waals surface area contributed by atoms with E-state index in [0.717, 1.165) is 24.0 Å². The average molecular weight is 243 g/mol. The third-order valence-electron chi connectivity index (χ3n) is 3.04. The molecule has 2 rings (SSSR count). The van der Waals surface area contributed by atoms with E-state index in [9.17, 15) is 4.39 Å². The molecule has 0 bridgehead atoms. The molecule has 2 N–H and O–H groups in total. The predicted molar refractivity (Wildman–Crippen MR) is 73.7 cm³/mol. The zero-order valence-corrected chi connectivity index (χ0v) is 10.6. The van der Waals surface area contributed by atoms with Gasteiger partial charge in [-0.3, -0.25) is 0 Å². The van der Waals surface area contributed by atoms with Crippen molar-refractivity contribution in [3.05, 3.63) is 59.4 Å². The summed E-state index contributed by atoms with van der Waals surface area (Å²) in [6.45, 7) is 2.57. The molecular formula is C16H18FN. The van der Waals surface area contributed by atoms with Crippen LogP contribution in [0.2, 0.25) is 0 Å². The van der Waals surface area contributed by atoms with E-state index in [-0.39, 0.29) is 5.82 Å². The molecule has 18 heavy (non-hydrogen) atoms. The van der Waals surface area contributed by atoms with Gasteiger partial charge in [0.2, 0.25) is 0 Å². The first kappa shape index (κ1) is 12.8. The summed E-state index contributed by atoms with van der Waals surface area (Å²) in [6, 6.07) is 13.1. The van der Waals surface area contributed by atoms with Crippen LogP contribution in [0, 0.1) is 5.82 Å². The second kappa shape index (κ2) is 5.78. The summed E-state index contributed by atoms with van der Waals surface area (Å²) in [4.78, 5) is 0. The fraction of sp³-hybridized carbons (Fsp3) is 0.250. The highest BCUT2D eigenvalue weighted by molar-refractivity contribution is 5.65. The minimum absolute atomic E-state index is 0.194. The van der Waals surface area contributed by atoms with Gasteiger partial charge in [-0.1, -0.05) is 43.7 Å². The lowest BCUT2D eigenvalue weighted by Gasteiger charge is -2.08. The monoisotopic (exact) mass is 243 g/mol. The van der Waals surface area contributed by atoms with Crippen molar-refractivity contribution in [3.63, 3.8) is 0 Å². The van der Waals surface area contributed by atoms with Gasteiger partial charge in [0.25, 0.3) is 0 Å². The number of nitrogens with two attached hydrogens (primary N) is 1. The minimum atomic E-state index is -0.194. The largest absolute Gasteiger partial charge is 0.326 e. The third-order valence-corrected chi connectivity index (χ3v) is 3.04. The van der Waals surface area contributed by atoms with Gasteiger partial charge in [-0.05, 0) is 35.2 Å². The van der Waals surface area contributed by atoms with Crippen molar-refractivity contribution in [1.29, 1.82) is 0 Å². The van der Waals surface area contributed by atoms with Crippen LogP contribution in [0.15, 0.2) is 42.5 Å². The Labute approximate surface area is 107 Å². The highest BCUT2D eigenvalue weighted by Crippen LogP contribution is 2.25. The van der Waals surface area contributed by atoms with Gasteiger partial charge in [0, 0.05) is 12.1 Å². The van der Waals surface area contributed by atoms with Crippen LogP contribution < -0.4 is 5.73 Å². The van der Waals surface area contributed by atoms with Crippen LogP contribution in [0.1, 0.15) is 24.5 Å². The van der Waals surface area contributed by atoms with E-state index < -0.39 is 0 Å². The molecule has 0 heterocycles. The van der Waals surface area contributed by atoms with Gasteiger partial charge in [0.05, 0.1) is 0 Å². The highest BCUT2D eigenvalue weighted by atomic mass is 19.1.